The zero-order chi connectivity index (χ0) is 21.8. The van der Waals surface area contributed by atoms with Crippen LogP contribution in [0.1, 0.15) is 11.3 Å². The van der Waals surface area contributed by atoms with Crippen molar-refractivity contribution in [1.82, 2.24) is 29.3 Å². The molecule has 0 radical (unpaired) electrons. The Kier molecular flexibility index (Phi) is 4.21. The summed E-state index contributed by atoms with van der Waals surface area (Å²) in [6.45, 7) is 1.93. The van der Waals surface area contributed by atoms with Crippen LogP contribution in [-0.4, -0.2) is 29.3 Å². The van der Waals surface area contributed by atoms with Crippen LogP contribution >= 0.6 is 0 Å². The van der Waals surface area contributed by atoms with Crippen LogP contribution < -0.4 is 0 Å². The summed E-state index contributed by atoms with van der Waals surface area (Å²) in [5.41, 5.74) is 3.12. The number of fused-ring (bicyclic) bond motifs is 1. The van der Waals surface area contributed by atoms with E-state index < -0.39 is 11.7 Å². The molecule has 3 heterocycles. The fourth-order valence-corrected chi connectivity index (χ4v) is 3.55. The van der Waals surface area contributed by atoms with Gasteiger partial charge < -0.3 is 9.55 Å². The van der Waals surface area contributed by atoms with Crippen LogP contribution in [0.2, 0.25) is 0 Å². The third-order valence-electron chi connectivity index (χ3n) is 5.07. The SMILES string of the molecule is Cc1cn(-c2ccc3[nH]c(-c4nc(-c5cccc(C(F)(F)F)c5)n(C)n4)cc3c2)cn1. The third-order valence-corrected chi connectivity index (χ3v) is 5.07. The highest BCUT2D eigenvalue weighted by molar-refractivity contribution is 5.86. The van der Waals surface area contributed by atoms with Crippen molar-refractivity contribution in [1.29, 1.82) is 0 Å². The summed E-state index contributed by atoms with van der Waals surface area (Å²) in [4.78, 5) is 12.0. The number of hydrogen-bond donors (Lipinski definition) is 1. The predicted octanol–water partition coefficient (Wildman–Crippen LogP) is 5.14. The molecule has 0 bridgehead atoms. The number of aryl methyl sites for hydroxylation is 2. The molecule has 3 aromatic heterocycles. The lowest BCUT2D eigenvalue weighted by atomic mass is 10.1. The lowest BCUT2D eigenvalue weighted by Gasteiger charge is -2.07. The number of rotatable bonds is 3. The van der Waals surface area contributed by atoms with Crippen molar-refractivity contribution in [3.05, 3.63) is 72.3 Å². The molecule has 1 N–H and O–H groups in total. The highest BCUT2D eigenvalue weighted by atomic mass is 19.4. The van der Waals surface area contributed by atoms with E-state index in [0.29, 0.717) is 22.9 Å². The number of H-pyrrole nitrogens is 1. The van der Waals surface area contributed by atoms with E-state index in [4.69, 9.17) is 0 Å². The number of imidazole rings is 1. The van der Waals surface area contributed by atoms with Crippen molar-refractivity contribution in [2.45, 2.75) is 13.1 Å². The first-order chi connectivity index (χ1) is 14.8. The molecule has 9 heteroatoms. The van der Waals surface area contributed by atoms with Gasteiger partial charge in [-0.25, -0.2) is 14.6 Å². The molecule has 0 unspecified atom stereocenters. The van der Waals surface area contributed by atoms with Crippen molar-refractivity contribution >= 4 is 10.9 Å². The first-order valence-corrected chi connectivity index (χ1v) is 9.51. The Bertz CT molecular complexity index is 1410. The molecule has 6 nitrogen and oxygen atoms in total. The lowest BCUT2D eigenvalue weighted by molar-refractivity contribution is -0.137. The van der Waals surface area contributed by atoms with E-state index in [-0.39, 0.29) is 0 Å². The van der Waals surface area contributed by atoms with Gasteiger partial charge in [-0.05, 0) is 43.3 Å². The fraction of sp³-hybridized carbons (Fsp3) is 0.136. The molecule has 5 rings (SSSR count). The van der Waals surface area contributed by atoms with Gasteiger partial charge in [0.2, 0.25) is 0 Å². The lowest BCUT2D eigenvalue weighted by Crippen LogP contribution is -2.05. The summed E-state index contributed by atoms with van der Waals surface area (Å²) in [5, 5.41) is 5.37. The van der Waals surface area contributed by atoms with Crippen LogP contribution in [0.4, 0.5) is 13.2 Å². The van der Waals surface area contributed by atoms with Crippen LogP contribution in [0, 0.1) is 6.92 Å². The molecule has 5 aromatic rings. The summed E-state index contributed by atoms with van der Waals surface area (Å²) < 4.78 is 42.6. The smallest absolute Gasteiger partial charge is 0.352 e. The average molecular weight is 422 g/mol. The van der Waals surface area contributed by atoms with Gasteiger partial charge in [-0.1, -0.05) is 12.1 Å². The van der Waals surface area contributed by atoms with Crippen LogP contribution in [0.3, 0.4) is 0 Å². The van der Waals surface area contributed by atoms with Crippen molar-refractivity contribution in [2.75, 3.05) is 0 Å². The summed E-state index contributed by atoms with van der Waals surface area (Å²) in [5.74, 6) is 0.764. The van der Waals surface area contributed by atoms with Crippen LogP contribution in [-0.2, 0) is 13.2 Å². The largest absolute Gasteiger partial charge is 0.416 e. The van der Waals surface area contributed by atoms with Gasteiger partial charge in [0.05, 0.1) is 23.3 Å². The Morgan fingerprint density at radius 2 is 1.87 bits per heavy atom. The number of benzene rings is 2. The van der Waals surface area contributed by atoms with Gasteiger partial charge in [0, 0.05) is 35.4 Å². The number of nitrogens with zero attached hydrogens (tertiary/aromatic N) is 5. The van der Waals surface area contributed by atoms with E-state index >= 15 is 0 Å². The number of alkyl halides is 3. The molecule has 0 saturated heterocycles. The second-order valence-corrected chi connectivity index (χ2v) is 7.34. The molecule has 0 aliphatic heterocycles. The van der Waals surface area contributed by atoms with Gasteiger partial charge in [-0.2, -0.15) is 13.2 Å². The molecule has 0 amide bonds. The zero-order valence-electron chi connectivity index (χ0n) is 16.6. The molecule has 0 fully saturated rings. The van der Waals surface area contributed by atoms with Crippen molar-refractivity contribution in [2.24, 2.45) is 7.05 Å². The first kappa shape index (κ1) is 19.1. The second-order valence-electron chi connectivity index (χ2n) is 7.34. The van der Waals surface area contributed by atoms with Gasteiger partial charge in [0.1, 0.15) is 0 Å². The third kappa shape index (κ3) is 3.48. The maximum Gasteiger partial charge on any atom is 0.416 e. The number of aromatic amines is 1. The zero-order valence-corrected chi connectivity index (χ0v) is 16.6. The Balaban J connectivity index is 1.53. The predicted molar refractivity (Wildman–Crippen MR) is 111 cm³/mol. The molecule has 0 saturated carbocycles. The number of nitrogens with one attached hydrogen (secondary N) is 1. The molecular weight excluding hydrogens is 405 g/mol. The Labute approximate surface area is 175 Å². The van der Waals surface area contributed by atoms with Gasteiger partial charge in [0.15, 0.2) is 11.6 Å². The minimum Gasteiger partial charge on any atom is -0.352 e. The standard InChI is InChI=1S/C22H17F3N6/c1-13-11-31(12-26-13)17-6-7-18-15(9-17)10-19(27-18)20-28-21(30(2)29-20)14-4-3-5-16(8-14)22(23,24)25/h3-12,27H,1-2H3. The van der Waals surface area contributed by atoms with E-state index in [0.717, 1.165) is 34.4 Å². The Morgan fingerprint density at radius 3 is 2.61 bits per heavy atom. The summed E-state index contributed by atoms with van der Waals surface area (Å²) in [6.07, 6.45) is -0.720. The minimum absolute atomic E-state index is 0.352. The molecule has 0 atom stereocenters. The maximum absolute atomic E-state index is 13.1. The molecule has 31 heavy (non-hydrogen) atoms. The summed E-state index contributed by atoms with van der Waals surface area (Å²) in [7, 11) is 1.66. The normalized spacial score (nSPS) is 12.0. The monoisotopic (exact) mass is 422 g/mol. The van der Waals surface area contributed by atoms with E-state index in [9.17, 15) is 13.2 Å². The number of aromatic nitrogens is 6. The van der Waals surface area contributed by atoms with Crippen molar-refractivity contribution in [3.8, 4) is 28.6 Å². The van der Waals surface area contributed by atoms with Crippen molar-refractivity contribution < 1.29 is 13.2 Å². The molecule has 0 spiro atoms. The number of hydrogen-bond acceptors (Lipinski definition) is 3. The van der Waals surface area contributed by atoms with Gasteiger partial charge in [-0.15, -0.1) is 5.10 Å². The summed E-state index contributed by atoms with van der Waals surface area (Å²) >= 11 is 0. The van der Waals surface area contributed by atoms with Crippen LogP contribution in [0.15, 0.2) is 61.1 Å². The molecule has 156 valence electrons. The summed E-state index contributed by atoms with van der Waals surface area (Å²) in [6, 6.07) is 13.0. The fourth-order valence-electron chi connectivity index (χ4n) is 3.55. The van der Waals surface area contributed by atoms with Crippen LogP contribution in [0.5, 0.6) is 0 Å². The maximum atomic E-state index is 13.1. The second kappa shape index (κ2) is 6.83. The van der Waals surface area contributed by atoms with E-state index in [1.54, 1.807) is 19.4 Å². The highest BCUT2D eigenvalue weighted by Gasteiger charge is 2.30. The van der Waals surface area contributed by atoms with Gasteiger partial charge >= 0.3 is 6.18 Å². The molecule has 0 aliphatic rings. The van der Waals surface area contributed by atoms with E-state index in [1.165, 1.54) is 10.7 Å². The highest BCUT2D eigenvalue weighted by Crippen LogP contribution is 2.32. The molecular formula is C22H17F3N6. The van der Waals surface area contributed by atoms with Crippen LogP contribution in [0.25, 0.3) is 39.5 Å². The van der Waals surface area contributed by atoms with Gasteiger partial charge in [-0.3, -0.25) is 0 Å². The minimum atomic E-state index is -4.42. The Hall–Kier alpha value is -3.88. The Morgan fingerprint density at radius 1 is 1.03 bits per heavy atom. The molecule has 0 aliphatic carbocycles. The quantitative estimate of drug-likeness (QED) is 0.438. The van der Waals surface area contributed by atoms with E-state index in [1.807, 2.05) is 42.0 Å². The molecule has 2 aromatic carbocycles. The van der Waals surface area contributed by atoms with E-state index in [2.05, 4.69) is 20.1 Å². The first-order valence-electron chi connectivity index (χ1n) is 9.51. The number of halogens is 3. The van der Waals surface area contributed by atoms with Crippen molar-refractivity contribution in [3.63, 3.8) is 0 Å². The topological polar surface area (TPSA) is 64.3 Å². The average Bonchev–Trinajstić information content (AvgIpc) is 3.44. The van der Waals surface area contributed by atoms with Gasteiger partial charge in [0.25, 0.3) is 0 Å².